The first-order valence-corrected chi connectivity index (χ1v) is 11.6. The van der Waals surface area contributed by atoms with E-state index in [0.29, 0.717) is 28.9 Å². The highest BCUT2D eigenvalue weighted by molar-refractivity contribution is 9.10. The molecule has 0 fully saturated rings. The lowest BCUT2D eigenvalue weighted by Crippen LogP contribution is -2.22. The van der Waals surface area contributed by atoms with Gasteiger partial charge in [-0.1, -0.05) is 40.5 Å². The van der Waals surface area contributed by atoms with Crippen molar-refractivity contribution in [3.8, 4) is 5.75 Å². The van der Waals surface area contributed by atoms with Crippen LogP contribution in [0.2, 0.25) is 0 Å². The fraction of sp³-hybridized carbons (Fsp3) is 0.154. The third-order valence-corrected chi connectivity index (χ3v) is 5.59. The third kappa shape index (κ3) is 5.58. The van der Waals surface area contributed by atoms with Crippen molar-refractivity contribution in [2.24, 2.45) is 5.10 Å². The van der Waals surface area contributed by atoms with Gasteiger partial charge >= 0.3 is 0 Å². The fourth-order valence-corrected chi connectivity index (χ4v) is 3.66. The minimum absolute atomic E-state index is 0.102. The van der Waals surface area contributed by atoms with Gasteiger partial charge in [-0.3, -0.25) is 9.59 Å². The molecule has 0 atom stereocenters. The summed E-state index contributed by atoms with van der Waals surface area (Å²) in [5.74, 6) is 0.895. The molecule has 1 N–H and O–H groups in total. The van der Waals surface area contributed by atoms with Gasteiger partial charge in [0.15, 0.2) is 6.61 Å². The zero-order valence-corrected chi connectivity index (χ0v) is 20.4. The maximum atomic E-state index is 13.0. The molecule has 34 heavy (non-hydrogen) atoms. The number of nitrogens with one attached hydrogen (secondary N) is 1. The average molecular weight is 519 g/mol. The number of nitrogens with zero attached hydrogens (tertiary/aromatic N) is 3. The number of rotatable bonds is 7. The highest BCUT2D eigenvalue weighted by Gasteiger charge is 2.10. The molecule has 1 amide bonds. The van der Waals surface area contributed by atoms with E-state index in [4.69, 9.17) is 4.74 Å². The lowest BCUT2D eigenvalue weighted by Gasteiger charge is -2.08. The fourth-order valence-electron chi connectivity index (χ4n) is 3.30. The quantitative estimate of drug-likeness (QED) is 0.351. The van der Waals surface area contributed by atoms with Crippen LogP contribution >= 0.6 is 15.9 Å². The van der Waals surface area contributed by atoms with E-state index in [1.54, 1.807) is 36.5 Å². The van der Waals surface area contributed by atoms with Crippen molar-refractivity contribution in [3.05, 3.63) is 98.5 Å². The predicted octanol–water partition coefficient (Wildman–Crippen LogP) is 4.93. The smallest absolute Gasteiger partial charge is 0.282 e. The van der Waals surface area contributed by atoms with Crippen LogP contribution in [0.1, 0.15) is 23.9 Å². The summed E-state index contributed by atoms with van der Waals surface area (Å²) in [6.45, 7) is 3.82. The summed E-state index contributed by atoms with van der Waals surface area (Å²) in [4.78, 5) is 29.6. The molecule has 3 aromatic carbocycles. The molecule has 0 spiro atoms. The number of fused-ring (bicyclic) bond motifs is 1. The van der Waals surface area contributed by atoms with Gasteiger partial charge in [-0.15, -0.1) is 0 Å². The van der Waals surface area contributed by atoms with Crippen molar-refractivity contribution < 1.29 is 9.53 Å². The number of halogens is 1. The lowest BCUT2D eigenvalue weighted by atomic mass is 10.2. The van der Waals surface area contributed by atoms with E-state index < -0.39 is 0 Å². The molecule has 0 bridgehead atoms. The van der Waals surface area contributed by atoms with Crippen LogP contribution in [0, 0.1) is 6.92 Å². The zero-order chi connectivity index (χ0) is 24.1. The van der Waals surface area contributed by atoms with Crippen molar-refractivity contribution in [1.29, 1.82) is 0 Å². The molecule has 0 aliphatic carbocycles. The number of amides is 1. The van der Waals surface area contributed by atoms with Crippen molar-refractivity contribution in [1.82, 2.24) is 9.66 Å². The molecule has 1 heterocycles. The van der Waals surface area contributed by atoms with Crippen LogP contribution < -0.4 is 15.6 Å². The maximum Gasteiger partial charge on any atom is 0.282 e. The van der Waals surface area contributed by atoms with Gasteiger partial charge in [-0.25, -0.2) is 4.98 Å². The first kappa shape index (κ1) is 23.4. The summed E-state index contributed by atoms with van der Waals surface area (Å²) in [6, 6.07) is 20.1. The Labute approximate surface area is 205 Å². The van der Waals surface area contributed by atoms with Crippen molar-refractivity contribution in [2.45, 2.75) is 20.3 Å². The van der Waals surface area contributed by atoms with Gasteiger partial charge in [0, 0.05) is 16.6 Å². The molecule has 0 aliphatic heterocycles. The van der Waals surface area contributed by atoms with E-state index in [9.17, 15) is 9.59 Å². The average Bonchev–Trinajstić information content (AvgIpc) is 2.84. The predicted molar refractivity (Wildman–Crippen MR) is 138 cm³/mol. The second-order valence-corrected chi connectivity index (χ2v) is 8.59. The first-order chi connectivity index (χ1) is 16.4. The van der Waals surface area contributed by atoms with Gasteiger partial charge in [0.25, 0.3) is 11.5 Å². The molecule has 172 valence electrons. The summed E-state index contributed by atoms with van der Waals surface area (Å²) in [5, 5.41) is 7.67. The highest BCUT2D eigenvalue weighted by Crippen LogP contribution is 2.16. The Hall–Kier alpha value is -3.78. The molecule has 1 aromatic heterocycles. The normalized spacial score (nSPS) is 11.1. The number of anilines is 1. The Kier molecular flexibility index (Phi) is 7.18. The number of hydrogen-bond acceptors (Lipinski definition) is 5. The van der Waals surface area contributed by atoms with E-state index in [1.165, 1.54) is 4.68 Å². The summed E-state index contributed by atoms with van der Waals surface area (Å²) < 4.78 is 7.71. The number of carbonyl (C=O) groups excluding carboxylic acids is 1. The SMILES string of the molecule is CCc1nc2ccc(Br)cc2c(=O)n1N=Cc1ccc(OCC(=O)Nc2ccc(C)cc2)cc1. The highest BCUT2D eigenvalue weighted by atomic mass is 79.9. The molecule has 8 heteroatoms. The van der Waals surface area contributed by atoms with Crippen LogP contribution in [0.3, 0.4) is 0 Å². The third-order valence-electron chi connectivity index (χ3n) is 5.10. The largest absolute Gasteiger partial charge is 0.484 e. The van der Waals surface area contributed by atoms with Crippen LogP contribution in [0.4, 0.5) is 5.69 Å². The molecule has 7 nitrogen and oxygen atoms in total. The number of aryl methyl sites for hydroxylation is 2. The molecule has 0 unspecified atom stereocenters. The number of hydrogen-bond donors (Lipinski definition) is 1. The van der Waals surface area contributed by atoms with Crippen LogP contribution in [-0.4, -0.2) is 28.4 Å². The van der Waals surface area contributed by atoms with E-state index >= 15 is 0 Å². The molecule has 4 rings (SSSR count). The Morgan fingerprint density at radius 3 is 2.56 bits per heavy atom. The molecule has 4 aromatic rings. The van der Waals surface area contributed by atoms with E-state index in [-0.39, 0.29) is 18.1 Å². The first-order valence-electron chi connectivity index (χ1n) is 10.8. The molecular formula is C26H23BrN4O3. The molecule has 0 radical (unpaired) electrons. The van der Waals surface area contributed by atoms with Gasteiger partial charge in [-0.05, 0) is 67.1 Å². The lowest BCUT2D eigenvalue weighted by molar-refractivity contribution is -0.118. The van der Waals surface area contributed by atoms with Gasteiger partial charge in [0.2, 0.25) is 0 Å². The molecular weight excluding hydrogens is 496 g/mol. The molecule has 0 saturated heterocycles. The number of ether oxygens (including phenoxy) is 1. The van der Waals surface area contributed by atoms with Crippen molar-refractivity contribution in [2.75, 3.05) is 11.9 Å². The van der Waals surface area contributed by atoms with E-state index in [2.05, 4.69) is 31.3 Å². The van der Waals surface area contributed by atoms with E-state index in [1.807, 2.05) is 50.2 Å². The second-order valence-electron chi connectivity index (χ2n) is 7.68. The van der Waals surface area contributed by atoms with Gasteiger partial charge in [-0.2, -0.15) is 9.78 Å². The maximum absolute atomic E-state index is 13.0. The number of aromatic nitrogens is 2. The topological polar surface area (TPSA) is 85.6 Å². The monoisotopic (exact) mass is 518 g/mol. The molecule has 0 saturated carbocycles. The standard InChI is InChI=1S/C26H23BrN4O3/c1-3-24-30-23-13-8-19(27)14-22(23)26(33)31(24)28-15-18-6-11-21(12-7-18)34-16-25(32)29-20-9-4-17(2)5-10-20/h4-15H,3,16H2,1-2H3,(H,29,32). The van der Waals surface area contributed by atoms with Gasteiger partial charge < -0.3 is 10.1 Å². The van der Waals surface area contributed by atoms with Crippen LogP contribution in [-0.2, 0) is 11.2 Å². The number of carbonyl (C=O) groups is 1. The van der Waals surface area contributed by atoms with Crippen LogP contribution in [0.5, 0.6) is 5.75 Å². The second kappa shape index (κ2) is 10.4. The van der Waals surface area contributed by atoms with Crippen LogP contribution in [0.25, 0.3) is 10.9 Å². The Morgan fingerprint density at radius 1 is 1.12 bits per heavy atom. The summed E-state index contributed by atoms with van der Waals surface area (Å²) in [7, 11) is 0. The van der Waals surface area contributed by atoms with Gasteiger partial charge in [0.1, 0.15) is 11.6 Å². The minimum Gasteiger partial charge on any atom is -0.484 e. The van der Waals surface area contributed by atoms with E-state index in [0.717, 1.165) is 21.3 Å². The Balaban J connectivity index is 1.43. The summed E-state index contributed by atoms with van der Waals surface area (Å²) >= 11 is 3.40. The minimum atomic E-state index is -0.239. The summed E-state index contributed by atoms with van der Waals surface area (Å²) in [6.07, 6.45) is 2.16. The molecule has 0 aliphatic rings. The number of benzene rings is 3. The van der Waals surface area contributed by atoms with Crippen molar-refractivity contribution in [3.63, 3.8) is 0 Å². The summed E-state index contributed by atoms with van der Waals surface area (Å²) in [5.41, 5.74) is 3.05. The zero-order valence-electron chi connectivity index (χ0n) is 18.8. The van der Waals surface area contributed by atoms with Crippen LogP contribution in [0.15, 0.2) is 81.1 Å². The van der Waals surface area contributed by atoms with Crippen molar-refractivity contribution >= 4 is 44.6 Å². The Bertz CT molecular complexity index is 1410. The van der Waals surface area contributed by atoms with Gasteiger partial charge in [0.05, 0.1) is 17.1 Å². The Morgan fingerprint density at radius 2 is 1.85 bits per heavy atom.